The molecule has 0 atom stereocenters. The maximum absolute atomic E-state index is 11.5. The molecule has 0 unspecified atom stereocenters. The molecule has 0 bridgehead atoms. The number of carbonyl (C=O) groups is 1. The van der Waals surface area contributed by atoms with Gasteiger partial charge >= 0.3 is 0 Å². The zero-order valence-corrected chi connectivity index (χ0v) is 9.29. The third-order valence-electron chi connectivity index (χ3n) is 2.00. The highest BCUT2D eigenvalue weighted by Crippen LogP contribution is 1.92. The first-order valence-corrected chi connectivity index (χ1v) is 5.28. The zero-order chi connectivity index (χ0) is 11.8. The van der Waals surface area contributed by atoms with Crippen molar-refractivity contribution in [1.82, 2.24) is 10.3 Å². The standard InChI is InChI=1S/C11H16N2O3/c1-2-16-7-3-6-12-11(15)9-4-5-10(14)13-8-9/h4-5,8H,2-3,6-7H2,1H3,(H,12,15)(H,13,14). The van der Waals surface area contributed by atoms with Crippen molar-refractivity contribution < 1.29 is 9.53 Å². The van der Waals surface area contributed by atoms with Crippen LogP contribution in [-0.4, -0.2) is 30.6 Å². The van der Waals surface area contributed by atoms with Gasteiger partial charge in [-0.15, -0.1) is 0 Å². The minimum Gasteiger partial charge on any atom is -0.382 e. The maximum Gasteiger partial charge on any atom is 0.252 e. The third-order valence-corrected chi connectivity index (χ3v) is 2.00. The van der Waals surface area contributed by atoms with E-state index in [9.17, 15) is 9.59 Å². The molecule has 0 radical (unpaired) electrons. The van der Waals surface area contributed by atoms with Crippen LogP contribution in [0.15, 0.2) is 23.1 Å². The lowest BCUT2D eigenvalue weighted by molar-refractivity contribution is 0.0944. The van der Waals surface area contributed by atoms with Gasteiger partial charge in [0.1, 0.15) is 0 Å². The number of pyridine rings is 1. The lowest BCUT2D eigenvalue weighted by Gasteiger charge is -2.04. The van der Waals surface area contributed by atoms with Crippen molar-refractivity contribution >= 4 is 5.91 Å². The fourth-order valence-electron chi connectivity index (χ4n) is 1.17. The van der Waals surface area contributed by atoms with Crippen LogP contribution in [0.1, 0.15) is 23.7 Å². The molecule has 0 spiro atoms. The average molecular weight is 224 g/mol. The topological polar surface area (TPSA) is 71.2 Å². The van der Waals surface area contributed by atoms with Crippen molar-refractivity contribution in [2.24, 2.45) is 0 Å². The summed E-state index contributed by atoms with van der Waals surface area (Å²) in [7, 11) is 0. The number of hydrogen-bond acceptors (Lipinski definition) is 3. The molecule has 0 aliphatic rings. The minimum atomic E-state index is -0.215. The van der Waals surface area contributed by atoms with Gasteiger partial charge in [-0.05, 0) is 19.4 Å². The summed E-state index contributed by atoms with van der Waals surface area (Å²) in [6.07, 6.45) is 2.18. The molecule has 1 aromatic rings. The van der Waals surface area contributed by atoms with Crippen molar-refractivity contribution in [3.8, 4) is 0 Å². The van der Waals surface area contributed by atoms with Crippen LogP contribution in [-0.2, 0) is 4.74 Å². The number of nitrogens with one attached hydrogen (secondary N) is 2. The van der Waals surface area contributed by atoms with Gasteiger partial charge in [-0.3, -0.25) is 9.59 Å². The number of aromatic amines is 1. The minimum absolute atomic E-state index is 0.187. The Labute approximate surface area is 93.8 Å². The lowest BCUT2D eigenvalue weighted by Crippen LogP contribution is -2.26. The highest BCUT2D eigenvalue weighted by atomic mass is 16.5. The zero-order valence-electron chi connectivity index (χ0n) is 9.29. The number of amides is 1. The molecule has 1 heterocycles. The molecule has 0 saturated carbocycles. The molecule has 0 aliphatic carbocycles. The van der Waals surface area contributed by atoms with Crippen LogP contribution in [0.4, 0.5) is 0 Å². The average Bonchev–Trinajstić information content (AvgIpc) is 2.29. The highest BCUT2D eigenvalue weighted by Gasteiger charge is 2.03. The first-order valence-electron chi connectivity index (χ1n) is 5.28. The number of H-pyrrole nitrogens is 1. The van der Waals surface area contributed by atoms with E-state index in [0.29, 0.717) is 25.3 Å². The normalized spacial score (nSPS) is 10.1. The second kappa shape index (κ2) is 6.79. The van der Waals surface area contributed by atoms with Crippen LogP contribution in [0, 0.1) is 0 Å². The summed E-state index contributed by atoms with van der Waals surface area (Å²) < 4.78 is 5.14. The van der Waals surface area contributed by atoms with Gasteiger partial charge in [0.05, 0.1) is 5.56 Å². The summed E-state index contributed by atoms with van der Waals surface area (Å²) in [6.45, 7) is 3.83. The van der Waals surface area contributed by atoms with E-state index in [4.69, 9.17) is 4.74 Å². The van der Waals surface area contributed by atoms with Crippen molar-refractivity contribution in [3.05, 3.63) is 34.2 Å². The highest BCUT2D eigenvalue weighted by molar-refractivity contribution is 5.93. The summed E-state index contributed by atoms with van der Waals surface area (Å²) in [6, 6.07) is 2.83. The van der Waals surface area contributed by atoms with Gasteiger partial charge in [-0.2, -0.15) is 0 Å². The second-order valence-electron chi connectivity index (χ2n) is 3.25. The molecule has 88 valence electrons. The molecule has 0 fully saturated rings. The Morgan fingerprint density at radius 3 is 2.94 bits per heavy atom. The Bertz CT molecular complexity index is 367. The van der Waals surface area contributed by atoms with Crippen LogP contribution in [0.2, 0.25) is 0 Å². The van der Waals surface area contributed by atoms with E-state index in [1.54, 1.807) is 0 Å². The summed E-state index contributed by atoms with van der Waals surface area (Å²) in [5.74, 6) is -0.187. The Kier molecular flexibility index (Phi) is 5.28. The number of aromatic nitrogens is 1. The van der Waals surface area contributed by atoms with E-state index in [2.05, 4.69) is 10.3 Å². The van der Waals surface area contributed by atoms with Gasteiger partial charge < -0.3 is 15.0 Å². The van der Waals surface area contributed by atoms with E-state index >= 15 is 0 Å². The third kappa shape index (κ3) is 4.27. The lowest BCUT2D eigenvalue weighted by atomic mass is 10.2. The fraction of sp³-hybridized carbons (Fsp3) is 0.455. The van der Waals surface area contributed by atoms with Crippen molar-refractivity contribution in [1.29, 1.82) is 0 Å². The maximum atomic E-state index is 11.5. The molecule has 5 nitrogen and oxygen atoms in total. The number of hydrogen-bond donors (Lipinski definition) is 2. The van der Waals surface area contributed by atoms with Gasteiger partial charge in [0.25, 0.3) is 5.91 Å². The molecule has 16 heavy (non-hydrogen) atoms. The van der Waals surface area contributed by atoms with Gasteiger partial charge in [0, 0.05) is 32.0 Å². The van der Waals surface area contributed by atoms with E-state index in [1.807, 2.05) is 6.92 Å². The van der Waals surface area contributed by atoms with E-state index < -0.39 is 0 Å². The molecule has 0 aromatic carbocycles. The first-order chi connectivity index (χ1) is 7.74. The first kappa shape index (κ1) is 12.4. The molecule has 0 aliphatic heterocycles. The predicted molar refractivity (Wildman–Crippen MR) is 60.5 cm³/mol. The van der Waals surface area contributed by atoms with Gasteiger partial charge in [0.2, 0.25) is 5.56 Å². The van der Waals surface area contributed by atoms with Crippen LogP contribution < -0.4 is 10.9 Å². The summed E-state index contributed by atoms with van der Waals surface area (Å²) in [4.78, 5) is 24.7. The Morgan fingerprint density at radius 1 is 1.50 bits per heavy atom. The van der Waals surface area contributed by atoms with Gasteiger partial charge in [0.15, 0.2) is 0 Å². The summed E-state index contributed by atoms with van der Waals surface area (Å²) in [5.41, 5.74) is 0.240. The predicted octanol–water partition coefficient (Wildman–Crippen LogP) is 0.531. The van der Waals surface area contributed by atoms with Crippen molar-refractivity contribution in [3.63, 3.8) is 0 Å². The Balaban J connectivity index is 2.30. The number of rotatable bonds is 6. The van der Waals surface area contributed by atoms with Crippen LogP contribution in [0.3, 0.4) is 0 Å². The summed E-state index contributed by atoms with van der Waals surface area (Å²) >= 11 is 0. The van der Waals surface area contributed by atoms with Crippen LogP contribution in [0.5, 0.6) is 0 Å². The van der Waals surface area contributed by atoms with E-state index in [0.717, 1.165) is 6.42 Å². The molecule has 1 rings (SSSR count). The molecular formula is C11H16N2O3. The fourth-order valence-corrected chi connectivity index (χ4v) is 1.17. The largest absolute Gasteiger partial charge is 0.382 e. The Hall–Kier alpha value is -1.62. The van der Waals surface area contributed by atoms with Crippen molar-refractivity contribution in [2.45, 2.75) is 13.3 Å². The molecule has 1 amide bonds. The molecule has 0 saturated heterocycles. The molecule has 1 aromatic heterocycles. The van der Waals surface area contributed by atoms with E-state index in [1.165, 1.54) is 18.3 Å². The molecule has 2 N–H and O–H groups in total. The van der Waals surface area contributed by atoms with Crippen LogP contribution in [0.25, 0.3) is 0 Å². The monoisotopic (exact) mass is 224 g/mol. The Morgan fingerprint density at radius 2 is 2.31 bits per heavy atom. The number of carbonyl (C=O) groups excluding carboxylic acids is 1. The van der Waals surface area contributed by atoms with Crippen molar-refractivity contribution in [2.75, 3.05) is 19.8 Å². The second-order valence-corrected chi connectivity index (χ2v) is 3.25. The summed E-state index contributed by atoms with van der Waals surface area (Å²) in [5, 5.41) is 2.74. The molecular weight excluding hydrogens is 208 g/mol. The van der Waals surface area contributed by atoms with Crippen LogP contribution >= 0.6 is 0 Å². The quantitative estimate of drug-likeness (QED) is 0.692. The van der Waals surface area contributed by atoms with Gasteiger partial charge in [-0.1, -0.05) is 0 Å². The SMILES string of the molecule is CCOCCCNC(=O)c1ccc(=O)[nH]c1. The molecule has 5 heteroatoms. The smallest absolute Gasteiger partial charge is 0.252 e. The number of ether oxygens (including phenoxy) is 1. The van der Waals surface area contributed by atoms with Gasteiger partial charge in [-0.25, -0.2) is 0 Å². The van der Waals surface area contributed by atoms with E-state index in [-0.39, 0.29) is 11.5 Å².